The van der Waals surface area contributed by atoms with E-state index in [4.69, 9.17) is 11.2 Å². The van der Waals surface area contributed by atoms with Crippen molar-refractivity contribution in [3.63, 3.8) is 0 Å². The number of carbonyl (C=O) groups excluding carboxylic acids is 1. The van der Waals surface area contributed by atoms with E-state index in [0.29, 0.717) is 6.42 Å². The van der Waals surface area contributed by atoms with Crippen molar-refractivity contribution in [1.82, 2.24) is 10.2 Å². The summed E-state index contributed by atoms with van der Waals surface area (Å²) in [6, 6.07) is 31.9. The number of hydrogen-bond acceptors (Lipinski definition) is 2. The van der Waals surface area contributed by atoms with E-state index in [0.717, 1.165) is 51.6 Å². The molecule has 1 aliphatic rings. The molecular weight excluding hydrogens is 447 g/mol. The predicted octanol–water partition coefficient (Wildman–Crippen LogP) is 4.66. The topological polar surface area (TPSA) is 32.3 Å². The van der Waals surface area contributed by atoms with E-state index in [-0.39, 0.29) is 5.91 Å². The van der Waals surface area contributed by atoms with Gasteiger partial charge in [0.2, 0.25) is 0 Å². The fourth-order valence-corrected chi connectivity index (χ4v) is 11.2. The Morgan fingerprint density at radius 3 is 1.64 bits per heavy atom. The number of nitrogens with one attached hydrogen (secondary N) is 1. The summed E-state index contributed by atoms with van der Waals surface area (Å²) in [6.45, 7) is 3.45. The van der Waals surface area contributed by atoms with Gasteiger partial charge in [0.15, 0.2) is 0 Å². The van der Waals surface area contributed by atoms with E-state index >= 15 is 0 Å². The molecule has 1 heterocycles. The molecule has 0 atom stereocenters. The average Bonchev–Trinajstić information content (AvgIpc) is 2.90. The Hall–Kier alpha value is -2.19. The second kappa shape index (κ2) is 10.8. The summed E-state index contributed by atoms with van der Waals surface area (Å²) in [7, 11) is 0. The molecule has 0 saturated carbocycles. The molecule has 0 spiro atoms. The second-order valence-electron chi connectivity index (χ2n) is 8.85. The Bertz CT molecular complexity index is 924. The number of piperazine rings is 1. The van der Waals surface area contributed by atoms with Crippen LogP contribution in [0.4, 0.5) is 0 Å². The van der Waals surface area contributed by atoms with Crippen molar-refractivity contribution in [2.45, 2.75) is 25.7 Å². The van der Waals surface area contributed by atoms with Crippen LogP contribution < -0.4 is 21.2 Å². The Morgan fingerprint density at radius 2 is 1.18 bits per heavy atom. The molecule has 0 radical (unpaired) electrons. The van der Waals surface area contributed by atoms with Crippen molar-refractivity contribution in [2.24, 2.45) is 0 Å². The van der Waals surface area contributed by atoms with Crippen LogP contribution >= 0.6 is 17.2 Å². The first-order chi connectivity index (χ1) is 16.1. The van der Waals surface area contributed by atoms with Gasteiger partial charge in [-0.15, -0.1) is 0 Å². The average molecular weight is 481 g/mol. The summed E-state index contributed by atoms with van der Waals surface area (Å²) in [5, 5.41) is 6.93. The molecule has 5 heteroatoms. The summed E-state index contributed by atoms with van der Waals surface area (Å²) in [5.41, 5.74) is 0. The van der Waals surface area contributed by atoms with Crippen LogP contribution in [0, 0.1) is 0 Å². The molecule has 4 rings (SSSR count). The van der Waals surface area contributed by atoms with E-state index < -0.39 is 5.96 Å². The van der Waals surface area contributed by atoms with Crippen LogP contribution in [0.15, 0.2) is 91.0 Å². The van der Waals surface area contributed by atoms with Crippen LogP contribution in [0.2, 0.25) is 0 Å². The standard InChI is InChI=1S/C28H34ClN2OP/c29-33(25-13-5-1-6-14-25,26-15-7-2-8-16-26,27-17-9-3-10-18-27)24-12-4-11-19-28(32)31-22-20-30-21-23-31/h1-3,5-10,13-18,30H,4,11-12,19-24H2. The fraction of sp³-hybridized carbons (Fsp3) is 0.321. The fourth-order valence-electron chi connectivity index (χ4n) is 4.99. The van der Waals surface area contributed by atoms with Gasteiger partial charge in [-0.25, -0.2) is 0 Å². The zero-order chi connectivity index (χ0) is 23.0. The molecule has 3 nitrogen and oxygen atoms in total. The minimum absolute atomic E-state index is 0.286. The Labute approximate surface area is 202 Å². The summed E-state index contributed by atoms with van der Waals surface area (Å²) < 4.78 is 0. The molecule has 1 saturated heterocycles. The number of rotatable bonds is 9. The number of hydrogen-bond donors (Lipinski definition) is 1. The van der Waals surface area contributed by atoms with Crippen LogP contribution in [0.5, 0.6) is 0 Å². The molecule has 3 aromatic rings. The van der Waals surface area contributed by atoms with Gasteiger partial charge in [-0.3, -0.25) is 0 Å². The van der Waals surface area contributed by atoms with Gasteiger partial charge in [0.1, 0.15) is 0 Å². The zero-order valence-electron chi connectivity index (χ0n) is 19.2. The predicted molar refractivity (Wildman–Crippen MR) is 144 cm³/mol. The molecule has 3 aromatic carbocycles. The minimum atomic E-state index is -3.18. The Balaban J connectivity index is 1.58. The van der Waals surface area contributed by atoms with Gasteiger partial charge in [0.25, 0.3) is 0 Å². The Kier molecular flexibility index (Phi) is 7.86. The SMILES string of the molecule is O=C(CCCCCP(Cl)(c1ccccc1)(c1ccccc1)c1ccccc1)N1CCNCC1. The maximum absolute atomic E-state index is 12.6. The number of amides is 1. The maximum atomic E-state index is 12.6. The Morgan fingerprint density at radius 1 is 0.727 bits per heavy atom. The normalized spacial score (nSPS) is 15.5. The molecule has 0 bridgehead atoms. The quantitative estimate of drug-likeness (QED) is 0.357. The van der Waals surface area contributed by atoms with Gasteiger partial charge in [0.05, 0.1) is 0 Å². The van der Waals surface area contributed by atoms with E-state index in [1.807, 2.05) is 4.90 Å². The molecule has 0 aromatic heterocycles. The molecule has 1 fully saturated rings. The van der Waals surface area contributed by atoms with Gasteiger partial charge in [0, 0.05) is 0 Å². The number of benzene rings is 3. The molecule has 33 heavy (non-hydrogen) atoms. The van der Waals surface area contributed by atoms with Gasteiger partial charge in [-0.05, 0) is 0 Å². The monoisotopic (exact) mass is 480 g/mol. The molecule has 0 aliphatic carbocycles. The third-order valence-electron chi connectivity index (χ3n) is 6.82. The van der Waals surface area contributed by atoms with Crippen LogP contribution in [0.1, 0.15) is 25.7 Å². The molecule has 174 valence electrons. The van der Waals surface area contributed by atoms with Crippen molar-refractivity contribution in [3.8, 4) is 0 Å². The molecule has 1 N–H and O–H groups in total. The van der Waals surface area contributed by atoms with E-state index in [9.17, 15) is 4.79 Å². The van der Waals surface area contributed by atoms with Crippen molar-refractivity contribution < 1.29 is 4.79 Å². The number of nitrogens with zero attached hydrogens (tertiary/aromatic N) is 1. The molecule has 1 aliphatic heterocycles. The third-order valence-corrected chi connectivity index (χ3v) is 14.4. The van der Waals surface area contributed by atoms with Gasteiger partial charge in [-0.1, -0.05) is 0 Å². The first kappa shape index (κ1) is 24.0. The summed E-state index contributed by atoms with van der Waals surface area (Å²) >= 11 is 8.09. The number of unbranched alkanes of at least 4 members (excludes halogenated alkanes) is 2. The molecular formula is C28H34ClN2OP. The summed E-state index contributed by atoms with van der Waals surface area (Å²) in [5.74, 6) is -2.89. The van der Waals surface area contributed by atoms with Crippen molar-refractivity contribution >= 4 is 39.0 Å². The zero-order valence-corrected chi connectivity index (χ0v) is 20.9. The van der Waals surface area contributed by atoms with Crippen molar-refractivity contribution in [3.05, 3.63) is 91.0 Å². The van der Waals surface area contributed by atoms with Gasteiger partial charge in [-0.2, -0.15) is 0 Å². The molecule has 1 amide bonds. The van der Waals surface area contributed by atoms with E-state index in [1.54, 1.807) is 0 Å². The third kappa shape index (κ3) is 5.01. The van der Waals surface area contributed by atoms with Crippen LogP contribution in [-0.2, 0) is 4.79 Å². The van der Waals surface area contributed by atoms with Crippen LogP contribution in [-0.4, -0.2) is 43.1 Å². The number of carbonyl (C=O) groups is 1. The van der Waals surface area contributed by atoms with E-state index in [1.165, 1.54) is 15.9 Å². The second-order valence-corrected chi connectivity index (χ2v) is 15.5. The van der Waals surface area contributed by atoms with Crippen molar-refractivity contribution in [1.29, 1.82) is 0 Å². The first-order valence-corrected chi connectivity index (χ1v) is 15.3. The first-order valence-electron chi connectivity index (χ1n) is 12.0. The number of halogens is 1. The summed E-state index contributed by atoms with van der Waals surface area (Å²) in [6.07, 6.45) is 4.39. The van der Waals surface area contributed by atoms with Crippen LogP contribution in [0.25, 0.3) is 0 Å². The summed E-state index contributed by atoms with van der Waals surface area (Å²) in [4.78, 5) is 14.6. The van der Waals surface area contributed by atoms with Crippen LogP contribution in [0.3, 0.4) is 0 Å². The van der Waals surface area contributed by atoms with Gasteiger partial charge < -0.3 is 0 Å². The molecule has 0 unspecified atom stereocenters. The van der Waals surface area contributed by atoms with Gasteiger partial charge >= 0.3 is 203 Å². The van der Waals surface area contributed by atoms with E-state index in [2.05, 4.69) is 96.3 Å². The van der Waals surface area contributed by atoms with Crippen molar-refractivity contribution in [2.75, 3.05) is 32.3 Å².